The van der Waals surface area contributed by atoms with Crippen LogP contribution in [0.3, 0.4) is 0 Å². The maximum atomic E-state index is 12.7. The summed E-state index contributed by atoms with van der Waals surface area (Å²) in [4.78, 5) is 36.7. The van der Waals surface area contributed by atoms with E-state index in [-0.39, 0.29) is 24.5 Å². The third kappa shape index (κ3) is 8.08. The van der Waals surface area contributed by atoms with Crippen molar-refractivity contribution >= 4 is 30.6 Å². The first kappa shape index (κ1) is 25.6. The van der Waals surface area contributed by atoms with E-state index in [0.717, 1.165) is 0 Å². The summed E-state index contributed by atoms with van der Waals surface area (Å²) >= 11 is 3.90. The van der Waals surface area contributed by atoms with Crippen molar-refractivity contribution in [3.8, 4) is 11.5 Å². The Labute approximate surface area is 208 Å². The van der Waals surface area contributed by atoms with Crippen molar-refractivity contribution in [1.82, 2.24) is 5.32 Å². The summed E-state index contributed by atoms with van der Waals surface area (Å²) in [7, 11) is 0. The zero-order valence-corrected chi connectivity index (χ0v) is 19.6. The molecule has 0 saturated carbocycles. The van der Waals surface area contributed by atoms with Crippen molar-refractivity contribution in [2.45, 2.75) is 18.6 Å². The maximum Gasteiger partial charge on any atom is 0.414 e. The van der Waals surface area contributed by atoms with Crippen molar-refractivity contribution in [2.24, 2.45) is 0 Å². The van der Waals surface area contributed by atoms with Crippen LogP contribution in [0.25, 0.3) is 0 Å². The van der Waals surface area contributed by atoms with Gasteiger partial charge in [0.15, 0.2) is 6.10 Å². The van der Waals surface area contributed by atoms with Crippen LogP contribution in [0.15, 0.2) is 84.9 Å². The Balaban J connectivity index is 1.83. The lowest BCUT2D eigenvalue weighted by Crippen LogP contribution is -2.37. The number of esters is 1. The van der Waals surface area contributed by atoms with E-state index >= 15 is 0 Å². The molecule has 182 valence electrons. The number of carbonyl (C=O) groups is 3. The number of imide groups is 1. The number of aromatic hydroxyl groups is 1. The minimum absolute atomic E-state index is 0.0145. The zero-order valence-electron chi connectivity index (χ0n) is 18.7. The van der Waals surface area contributed by atoms with Gasteiger partial charge in [-0.15, -0.1) is 0 Å². The normalized spacial score (nSPS) is 12.1. The van der Waals surface area contributed by atoms with Gasteiger partial charge < -0.3 is 19.3 Å². The number of hydrogen-bond acceptors (Lipinski definition) is 8. The SMILES string of the molecule is O=C(CS)OCC[C@H](Oc1ccccc1)[C@@H](OC(=O)NC(=O)c1ccccc1)c1ccc(O)cc1. The number of ether oxygens (including phenoxy) is 3. The van der Waals surface area contributed by atoms with Crippen LogP contribution >= 0.6 is 12.6 Å². The number of alkyl carbamates (subject to hydrolysis) is 1. The average Bonchev–Trinajstić information content (AvgIpc) is 2.88. The Hall–Kier alpha value is -3.98. The van der Waals surface area contributed by atoms with Crippen LogP contribution in [0.1, 0.15) is 28.4 Å². The Morgan fingerprint density at radius 2 is 1.51 bits per heavy atom. The number of amides is 2. The number of para-hydroxylation sites is 1. The maximum absolute atomic E-state index is 12.7. The molecule has 0 aromatic heterocycles. The Bertz CT molecular complexity index is 1110. The monoisotopic (exact) mass is 495 g/mol. The molecule has 3 rings (SSSR count). The number of rotatable bonds is 10. The number of nitrogens with one attached hydrogen (secondary N) is 1. The first-order valence-corrected chi connectivity index (χ1v) is 11.4. The van der Waals surface area contributed by atoms with Crippen molar-refractivity contribution < 1.29 is 33.7 Å². The minimum atomic E-state index is -1.01. The minimum Gasteiger partial charge on any atom is -0.508 e. The second-order valence-electron chi connectivity index (χ2n) is 7.37. The molecule has 0 spiro atoms. The zero-order chi connectivity index (χ0) is 25.0. The van der Waals surface area contributed by atoms with Gasteiger partial charge in [0.1, 0.15) is 17.6 Å². The Kier molecular flexibility index (Phi) is 9.56. The molecule has 0 fully saturated rings. The fourth-order valence-electron chi connectivity index (χ4n) is 3.20. The molecular formula is C26H25NO7S. The van der Waals surface area contributed by atoms with Crippen LogP contribution < -0.4 is 10.1 Å². The van der Waals surface area contributed by atoms with Crippen molar-refractivity contribution in [3.05, 3.63) is 96.1 Å². The molecule has 3 aromatic rings. The molecule has 2 amide bonds. The predicted molar refractivity (Wildman–Crippen MR) is 132 cm³/mol. The van der Waals surface area contributed by atoms with E-state index in [2.05, 4.69) is 17.9 Å². The van der Waals surface area contributed by atoms with Gasteiger partial charge in [-0.05, 0) is 42.0 Å². The topological polar surface area (TPSA) is 111 Å². The number of carbonyl (C=O) groups excluding carboxylic acids is 3. The summed E-state index contributed by atoms with van der Waals surface area (Å²) in [6.45, 7) is -0.0145. The van der Waals surface area contributed by atoms with Gasteiger partial charge >= 0.3 is 12.1 Å². The second kappa shape index (κ2) is 13.0. The molecule has 0 heterocycles. The van der Waals surface area contributed by atoms with Crippen LogP contribution in [0.4, 0.5) is 4.79 Å². The largest absolute Gasteiger partial charge is 0.508 e. The molecule has 3 aromatic carbocycles. The number of phenols is 1. The van der Waals surface area contributed by atoms with E-state index < -0.39 is 30.2 Å². The van der Waals surface area contributed by atoms with E-state index in [1.165, 1.54) is 12.1 Å². The molecule has 0 aliphatic rings. The van der Waals surface area contributed by atoms with Crippen LogP contribution in [-0.2, 0) is 14.3 Å². The third-order valence-corrected chi connectivity index (χ3v) is 5.13. The summed E-state index contributed by atoms with van der Waals surface area (Å²) in [5.74, 6) is -0.666. The van der Waals surface area contributed by atoms with Gasteiger partial charge in [-0.2, -0.15) is 12.6 Å². The molecule has 0 unspecified atom stereocenters. The molecule has 8 nitrogen and oxygen atoms in total. The van der Waals surface area contributed by atoms with Gasteiger partial charge in [0.2, 0.25) is 0 Å². The highest BCUT2D eigenvalue weighted by Crippen LogP contribution is 2.29. The van der Waals surface area contributed by atoms with E-state index in [0.29, 0.717) is 16.9 Å². The van der Waals surface area contributed by atoms with Gasteiger partial charge in [0, 0.05) is 12.0 Å². The lowest BCUT2D eigenvalue weighted by atomic mass is 10.0. The third-order valence-electron chi connectivity index (χ3n) is 4.87. The van der Waals surface area contributed by atoms with Crippen molar-refractivity contribution in [2.75, 3.05) is 12.4 Å². The smallest absolute Gasteiger partial charge is 0.414 e. The lowest BCUT2D eigenvalue weighted by molar-refractivity contribution is -0.141. The van der Waals surface area contributed by atoms with E-state index in [4.69, 9.17) is 14.2 Å². The molecule has 0 saturated heterocycles. The fraction of sp³-hybridized carbons (Fsp3) is 0.192. The highest BCUT2D eigenvalue weighted by atomic mass is 32.1. The van der Waals surface area contributed by atoms with E-state index in [9.17, 15) is 19.5 Å². The molecule has 0 aliphatic carbocycles. The highest BCUT2D eigenvalue weighted by molar-refractivity contribution is 7.81. The highest BCUT2D eigenvalue weighted by Gasteiger charge is 2.30. The average molecular weight is 496 g/mol. The van der Waals surface area contributed by atoms with Crippen LogP contribution in [0, 0.1) is 0 Å². The molecule has 0 aliphatic heterocycles. The standard InChI is InChI=1S/C26H25NO7S/c28-20-13-11-18(12-14-20)24(34-26(31)27-25(30)19-7-3-1-4-8-19)22(15-16-32-23(29)17-35)33-21-9-5-2-6-10-21/h1-14,22,24,28,35H,15-17H2,(H,27,30,31)/t22-,24-/m0/s1. The van der Waals surface area contributed by atoms with Crippen LogP contribution in [0.2, 0.25) is 0 Å². The molecule has 0 bridgehead atoms. The van der Waals surface area contributed by atoms with Gasteiger partial charge in [-0.3, -0.25) is 14.9 Å². The number of phenolic OH excluding ortho intramolecular Hbond substituents is 1. The number of thiol groups is 1. The molecule has 2 atom stereocenters. The summed E-state index contributed by atoms with van der Waals surface area (Å²) in [5, 5.41) is 11.9. The number of hydrogen-bond donors (Lipinski definition) is 3. The van der Waals surface area contributed by atoms with E-state index in [1.807, 2.05) is 6.07 Å². The summed E-state index contributed by atoms with van der Waals surface area (Å²) in [6, 6.07) is 23.1. The van der Waals surface area contributed by atoms with Crippen LogP contribution in [-0.4, -0.2) is 41.5 Å². The van der Waals surface area contributed by atoms with Crippen LogP contribution in [0.5, 0.6) is 11.5 Å². The quantitative estimate of drug-likeness (QED) is 0.284. The van der Waals surface area contributed by atoms with Gasteiger partial charge in [0.25, 0.3) is 5.91 Å². The van der Waals surface area contributed by atoms with Gasteiger partial charge in [-0.25, -0.2) is 4.79 Å². The second-order valence-corrected chi connectivity index (χ2v) is 7.69. The summed E-state index contributed by atoms with van der Waals surface area (Å²) in [6.07, 6.45) is -2.62. The van der Waals surface area contributed by atoms with Gasteiger partial charge in [-0.1, -0.05) is 48.5 Å². The van der Waals surface area contributed by atoms with Crippen molar-refractivity contribution in [3.63, 3.8) is 0 Å². The molecule has 9 heteroatoms. The lowest BCUT2D eigenvalue weighted by Gasteiger charge is -2.28. The summed E-state index contributed by atoms with van der Waals surface area (Å²) < 4.78 is 16.9. The molecule has 0 radical (unpaired) electrons. The predicted octanol–water partition coefficient (Wildman–Crippen LogP) is 4.31. The fourth-order valence-corrected chi connectivity index (χ4v) is 3.29. The first-order chi connectivity index (χ1) is 17.0. The molecule has 35 heavy (non-hydrogen) atoms. The first-order valence-electron chi connectivity index (χ1n) is 10.8. The Morgan fingerprint density at radius 1 is 0.886 bits per heavy atom. The number of benzene rings is 3. The van der Waals surface area contributed by atoms with E-state index in [1.54, 1.807) is 66.7 Å². The summed E-state index contributed by atoms with van der Waals surface area (Å²) in [5.41, 5.74) is 0.799. The molecule has 2 N–H and O–H groups in total. The Morgan fingerprint density at radius 3 is 2.14 bits per heavy atom. The molecular weight excluding hydrogens is 470 g/mol. The van der Waals surface area contributed by atoms with Crippen molar-refractivity contribution in [1.29, 1.82) is 0 Å². The van der Waals surface area contributed by atoms with Gasteiger partial charge in [0.05, 0.1) is 12.4 Å².